The van der Waals surface area contributed by atoms with Gasteiger partial charge in [-0.3, -0.25) is 19.2 Å². The van der Waals surface area contributed by atoms with Crippen LogP contribution in [0, 0.1) is 13.8 Å². The van der Waals surface area contributed by atoms with Gasteiger partial charge in [0.2, 0.25) is 11.8 Å². The fraction of sp³-hybridized carbons (Fsp3) is 0.722. The molecule has 2 amide bonds. The molecule has 2 saturated heterocycles. The van der Waals surface area contributed by atoms with Gasteiger partial charge >= 0.3 is 0 Å². The van der Waals surface area contributed by atoms with Crippen molar-refractivity contribution in [2.75, 3.05) is 25.0 Å². The molecular formula is C18H29N5O2. The molecule has 3 rings (SSSR count). The largest absolute Gasteiger partial charge is 0.338 e. The second kappa shape index (κ2) is 7.15. The zero-order valence-electron chi connectivity index (χ0n) is 15.7. The second-order valence-corrected chi connectivity index (χ2v) is 7.32. The van der Waals surface area contributed by atoms with Gasteiger partial charge in [0.1, 0.15) is 0 Å². The monoisotopic (exact) mass is 347 g/mol. The summed E-state index contributed by atoms with van der Waals surface area (Å²) in [7, 11) is 1.88. The van der Waals surface area contributed by atoms with Crippen LogP contribution in [0.3, 0.4) is 0 Å². The summed E-state index contributed by atoms with van der Waals surface area (Å²) in [6.07, 6.45) is 4.26. The van der Waals surface area contributed by atoms with Crippen molar-refractivity contribution in [3.63, 3.8) is 0 Å². The van der Waals surface area contributed by atoms with Gasteiger partial charge in [-0.2, -0.15) is 5.10 Å². The maximum Gasteiger partial charge on any atom is 0.238 e. The first-order chi connectivity index (χ1) is 11.9. The quantitative estimate of drug-likeness (QED) is 0.895. The van der Waals surface area contributed by atoms with E-state index in [0.29, 0.717) is 12.6 Å². The van der Waals surface area contributed by atoms with Crippen molar-refractivity contribution in [2.24, 2.45) is 7.05 Å². The van der Waals surface area contributed by atoms with Crippen LogP contribution in [0.15, 0.2) is 0 Å². The van der Waals surface area contributed by atoms with Crippen molar-refractivity contribution in [1.29, 1.82) is 0 Å². The molecule has 0 unspecified atom stereocenters. The topological polar surface area (TPSA) is 70.5 Å². The number of nitrogens with zero attached hydrogens (tertiary/aromatic N) is 4. The van der Waals surface area contributed by atoms with Crippen molar-refractivity contribution in [3.05, 3.63) is 11.4 Å². The van der Waals surface area contributed by atoms with Crippen LogP contribution < -0.4 is 5.32 Å². The number of aromatic nitrogens is 2. The van der Waals surface area contributed by atoms with Crippen LogP contribution in [0.1, 0.15) is 44.0 Å². The van der Waals surface area contributed by atoms with E-state index in [-0.39, 0.29) is 17.9 Å². The lowest BCUT2D eigenvalue weighted by molar-refractivity contribution is -0.130. The molecule has 1 aromatic rings. The highest BCUT2D eigenvalue weighted by Gasteiger charge is 2.39. The lowest BCUT2D eigenvalue weighted by Gasteiger charge is -2.34. The molecular weight excluding hydrogens is 318 g/mol. The van der Waals surface area contributed by atoms with Gasteiger partial charge in [-0.15, -0.1) is 0 Å². The summed E-state index contributed by atoms with van der Waals surface area (Å²) in [5.74, 6) is 0.152. The van der Waals surface area contributed by atoms with Crippen LogP contribution in [0.2, 0.25) is 0 Å². The third-order valence-electron chi connectivity index (χ3n) is 5.68. The summed E-state index contributed by atoms with van der Waals surface area (Å²) < 4.78 is 1.78. The number of likely N-dealkylation sites (tertiary alicyclic amines) is 2. The molecule has 7 nitrogen and oxygen atoms in total. The van der Waals surface area contributed by atoms with E-state index in [1.165, 1.54) is 0 Å². The van der Waals surface area contributed by atoms with Crippen molar-refractivity contribution in [1.82, 2.24) is 19.6 Å². The van der Waals surface area contributed by atoms with Crippen LogP contribution in [-0.2, 0) is 16.6 Å². The molecule has 2 atom stereocenters. The Labute approximate surface area is 149 Å². The molecule has 2 fully saturated rings. The van der Waals surface area contributed by atoms with E-state index in [1.807, 2.05) is 25.8 Å². The Kier molecular flexibility index (Phi) is 5.13. The number of carbonyl (C=O) groups excluding carboxylic acids is 2. The number of amides is 2. The third-order valence-corrected chi connectivity index (χ3v) is 5.68. The molecule has 1 N–H and O–H groups in total. The molecule has 0 aromatic carbocycles. The van der Waals surface area contributed by atoms with E-state index >= 15 is 0 Å². The van der Waals surface area contributed by atoms with Gasteiger partial charge in [-0.05, 0) is 46.1 Å². The van der Waals surface area contributed by atoms with Crippen LogP contribution in [0.5, 0.6) is 0 Å². The van der Waals surface area contributed by atoms with E-state index in [9.17, 15) is 9.59 Å². The number of anilines is 1. The minimum Gasteiger partial charge on any atom is -0.338 e. The molecule has 0 spiro atoms. The van der Waals surface area contributed by atoms with Crippen molar-refractivity contribution in [2.45, 2.75) is 58.5 Å². The fourth-order valence-corrected chi connectivity index (χ4v) is 4.39. The van der Waals surface area contributed by atoms with Gasteiger partial charge in [-0.25, -0.2) is 0 Å². The third kappa shape index (κ3) is 3.56. The summed E-state index contributed by atoms with van der Waals surface area (Å²) in [4.78, 5) is 28.7. The molecule has 25 heavy (non-hydrogen) atoms. The van der Waals surface area contributed by atoms with E-state index in [1.54, 1.807) is 11.6 Å². The fourth-order valence-electron chi connectivity index (χ4n) is 4.39. The molecule has 0 radical (unpaired) electrons. The van der Waals surface area contributed by atoms with Gasteiger partial charge < -0.3 is 10.2 Å². The average molecular weight is 347 g/mol. The van der Waals surface area contributed by atoms with Gasteiger partial charge in [0.05, 0.1) is 23.6 Å². The standard InChI is InChI=1S/C18H29N5O2/c1-12-18(13(2)21(4)20-12)19-17(25)11-22-9-5-7-15(22)16-8-6-10-23(16)14(3)24/h15-16H,5-11H2,1-4H3,(H,19,25)/t15-,16-/m0/s1. The summed E-state index contributed by atoms with van der Waals surface area (Å²) in [6.45, 7) is 7.66. The van der Waals surface area contributed by atoms with Crippen LogP contribution in [-0.4, -0.2) is 63.1 Å². The molecule has 2 aliphatic heterocycles. The Morgan fingerprint density at radius 3 is 2.48 bits per heavy atom. The Balaban J connectivity index is 1.65. The minimum absolute atomic E-state index is 0.00141. The maximum atomic E-state index is 12.6. The molecule has 2 aliphatic rings. The molecule has 0 aliphatic carbocycles. The SMILES string of the molecule is CC(=O)N1CCC[C@H]1[C@@H]1CCCN1CC(=O)Nc1c(C)nn(C)c1C. The summed E-state index contributed by atoms with van der Waals surface area (Å²) in [6, 6.07) is 0.558. The molecule has 138 valence electrons. The van der Waals surface area contributed by atoms with Crippen LogP contribution in [0.4, 0.5) is 5.69 Å². The first-order valence-electron chi connectivity index (χ1n) is 9.19. The van der Waals surface area contributed by atoms with Crippen LogP contribution >= 0.6 is 0 Å². The van der Waals surface area contributed by atoms with Crippen molar-refractivity contribution in [3.8, 4) is 0 Å². The number of aryl methyl sites for hydroxylation is 2. The van der Waals surface area contributed by atoms with E-state index in [0.717, 1.165) is 55.8 Å². The van der Waals surface area contributed by atoms with Gasteiger partial charge in [0.25, 0.3) is 0 Å². The molecule has 7 heteroatoms. The Hall–Kier alpha value is -1.89. The first kappa shape index (κ1) is 17.9. The normalized spacial score (nSPS) is 24.1. The number of hydrogen-bond donors (Lipinski definition) is 1. The number of hydrogen-bond acceptors (Lipinski definition) is 4. The summed E-state index contributed by atoms with van der Waals surface area (Å²) in [5.41, 5.74) is 2.61. The number of rotatable bonds is 4. The smallest absolute Gasteiger partial charge is 0.238 e. The average Bonchev–Trinajstić information content (AvgIpc) is 3.24. The lowest BCUT2D eigenvalue weighted by Crippen LogP contribution is -2.49. The zero-order valence-corrected chi connectivity index (χ0v) is 15.7. The van der Waals surface area contributed by atoms with Crippen molar-refractivity contribution >= 4 is 17.5 Å². The number of nitrogens with one attached hydrogen (secondary N) is 1. The summed E-state index contributed by atoms with van der Waals surface area (Å²) >= 11 is 0. The highest BCUT2D eigenvalue weighted by molar-refractivity contribution is 5.93. The highest BCUT2D eigenvalue weighted by atomic mass is 16.2. The number of carbonyl (C=O) groups is 2. The minimum atomic E-state index is -0.00141. The van der Waals surface area contributed by atoms with Gasteiger partial charge in [0, 0.05) is 32.6 Å². The Morgan fingerprint density at radius 1 is 1.16 bits per heavy atom. The van der Waals surface area contributed by atoms with Crippen molar-refractivity contribution < 1.29 is 9.59 Å². The van der Waals surface area contributed by atoms with E-state index < -0.39 is 0 Å². The van der Waals surface area contributed by atoms with E-state index in [2.05, 4.69) is 15.3 Å². The predicted molar refractivity (Wildman–Crippen MR) is 96.3 cm³/mol. The molecule has 0 bridgehead atoms. The summed E-state index contributed by atoms with van der Waals surface area (Å²) in [5, 5.41) is 7.37. The highest BCUT2D eigenvalue weighted by Crippen LogP contribution is 2.30. The van der Waals surface area contributed by atoms with Crippen LogP contribution in [0.25, 0.3) is 0 Å². The Bertz CT molecular complexity index is 669. The predicted octanol–water partition coefficient (Wildman–Crippen LogP) is 1.45. The maximum absolute atomic E-state index is 12.6. The van der Waals surface area contributed by atoms with E-state index in [4.69, 9.17) is 0 Å². The van der Waals surface area contributed by atoms with Gasteiger partial charge in [0.15, 0.2) is 0 Å². The Morgan fingerprint density at radius 2 is 1.84 bits per heavy atom. The zero-order chi connectivity index (χ0) is 18.1. The second-order valence-electron chi connectivity index (χ2n) is 7.32. The molecule has 0 saturated carbocycles. The molecule has 3 heterocycles. The lowest BCUT2D eigenvalue weighted by atomic mass is 10.0. The molecule has 1 aromatic heterocycles. The first-order valence-corrected chi connectivity index (χ1v) is 9.19. The van der Waals surface area contributed by atoms with Gasteiger partial charge in [-0.1, -0.05) is 0 Å².